The highest BCUT2D eigenvalue weighted by atomic mass is 16.5. The Labute approximate surface area is 217 Å². The van der Waals surface area contributed by atoms with Crippen LogP contribution in [0.4, 0.5) is 0 Å². The lowest BCUT2D eigenvalue weighted by Gasteiger charge is -2.08. The number of hydrogen-bond acceptors (Lipinski definition) is 5. The molecule has 0 radical (unpaired) electrons. The Kier molecular flexibility index (Phi) is 9.08. The lowest BCUT2D eigenvalue weighted by Crippen LogP contribution is -2.10. The Morgan fingerprint density at radius 2 is 1.08 bits per heavy atom. The number of esters is 2. The molecule has 37 heavy (non-hydrogen) atoms. The summed E-state index contributed by atoms with van der Waals surface area (Å²) in [5.41, 5.74) is 3.06. The van der Waals surface area contributed by atoms with E-state index in [1.807, 2.05) is 54.6 Å². The fourth-order valence-corrected chi connectivity index (χ4v) is 3.72. The van der Waals surface area contributed by atoms with Crippen LogP contribution in [0.3, 0.4) is 0 Å². The zero-order valence-corrected chi connectivity index (χ0v) is 20.9. The van der Waals surface area contributed by atoms with Gasteiger partial charge in [-0.05, 0) is 84.6 Å². The summed E-state index contributed by atoms with van der Waals surface area (Å²) in [5, 5.41) is 0. The van der Waals surface area contributed by atoms with Crippen LogP contribution in [0.1, 0.15) is 58.0 Å². The summed E-state index contributed by atoms with van der Waals surface area (Å²) in [6.07, 6.45) is 4.57. The third-order valence-electron chi connectivity index (χ3n) is 5.84. The van der Waals surface area contributed by atoms with Crippen molar-refractivity contribution in [2.24, 2.45) is 0 Å². The molecule has 0 fully saturated rings. The maximum Gasteiger partial charge on any atom is 0.343 e. The summed E-state index contributed by atoms with van der Waals surface area (Å²) in [4.78, 5) is 25.0. The van der Waals surface area contributed by atoms with Crippen LogP contribution in [0.2, 0.25) is 0 Å². The Bertz CT molecular complexity index is 1280. The predicted molar refractivity (Wildman–Crippen MR) is 143 cm³/mol. The average Bonchev–Trinajstić information content (AvgIpc) is 2.94. The van der Waals surface area contributed by atoms with E-state index in [2.05, 4.69) is 6.92 Å². The second kappa shape index (κ2) is 13.1. The monoisotopic (exact) mass is 494 g/mol. The fourth-order valence-electron chi connectivity index (χ4n) is 3.72. The lowest BCUT2D eigenvalue weighted by molar-refractivity contribution is 0.0730. The Hall–Kier alpha value is -4.38. The normalized spacial score (nSPS) is 10.5. The number of carbonyl (C=O) groups is 2. The molecule has 0 bridgehead atoms. The van der Waals surface area contributed by atoms with Gasteiger partial charge >= 0.3 is 11.9 Å². The van der Waals surface area contributed by atoms with Gasteiger partial charge in [-0.2, -0.15) is 0 Å². The van der Waals surface area contributed by atoms with E-state index < -0.39 is 11.9 Å². The highest BCUT2D eigenvalue weighted by molar-refractivity contribution is 5.92. The highest BCUT2D eigenvalue weighted by Crippen LogP contribution is 2.20. The molecule has 0 saturated heterocycles. The topological polar surface area (TPSA) is 61.8 Å². The van der Waals surface area contributed by atoms with E-state index >= 15 is 0 Å². The Balaban J connectivity index is 1.27. The van der Waals surface area contributed by atoms with Crippen molar-refractivity contribution in [3.05, 3.63) is 125 Å². The van der Waals surface area contributed by atoms with Crippen LogP contribution < -0.4 is 14.2 Å². The van der Waals surface area contributed by atoms with Gasteiger partial charge in [0.2, 0.25) is 0 Å². The fraction of sp³-hybridized carbons (Fsp3) is 0.188. The van der Waals surface area contributed by atoms with Crippen LogP contribution in [-0.4, -0.2) is 11.9 Å². The second-order valence-electron chi connectivity index (χ2n) is 8.70. The Morgan fingerprint density at radius 3 is 1.62 bits per heavy atom. The molecular formula is C32H30O5. The van der Waals surface area contributed by atoms with Gasteiger partial charge in [-0.3, -0.25) is 0 Å². The number of ether oxygens (including phenoxy) is 3. The molecule has 0 aliphatic heterocycles. The first kappa shape index (κ1) is 25.7. The van der Waals surface area contributed by atoms with E-state index in [0.717, 1.165) is 18.4 Å². The van der Waals surface area contributed by atoms with Crippen LogP contribution in [0.15, 0.2) is 103 Å². The van der Waals surface area contributed by atoms with Gasteiger partial charge in [-0.15, -0.1) is 0 Å². The van der Waals surface area contributed by atoms with E-state index in [1.165, 1.54) is 18.4 Å². The summed E-state index contributed by atoms with van der Waals surface area (Å²) in [7, 11) is 0. The molecule has 0 aliphatic carbocycles. The lowest BCUT2D eigenvalue weighted by atomic mass is 10.1. The average molecular weight is 495 g/mol. The number of carbonyl (C=O) groups excluding carboxylic acids is 2. The largest absolute Gasteiger partial charge is 0.489 e. The summed E-state index contributed by atoms with van der Waals surface area (Å²) in [6, 6.07) is 30.5. The van der Waals surface area contributed by atoms with E-state index in [4.69, 9.17) is 14.2 Å². The first-order valence-corrected chi connectivity index (χ1v) is 12.5. The molecule has 0 N–H and O–H groups in total. The molecule has 0 amide bonds. The van der Waals surface area contributed by atoms with Crippen molar-refractivity contribution < 1.29 is 23.8 Å². The maximum absolute atomic E-state index is 12.5. The number of rotatable bonds is 11. The molecule has 0 aliphatic rings. The van der Waals surface area contributed by atoms with Crippen molar-refractivity contribution in [1.29, 1.82) is 0 Å². The smallest absolute Gasteiger partial charge is 0.343 e. The summed E-state index contributed by atoms with van der Waals surface area (Å²) < 4.78 is 16.7. The Morgan fingerprint density at radius 1 is 0.568 bits per heavy atom. The molecule has 0 aromatic heterocycles. The second-order valence-corrected chi connectivity index (χ2v) is 8.70. The number of benzene rings is 4. The number of aryl methyl sites for hydroxylation is 1. The molecule has 4 rings (SSSR count). The van der Waals surface area contributed by atoms with Crippen LogP contribution in [0.25, 0.3) is 0 Å². The predicted octanol–water partition coefficient (Wildman–Crippen LogP) is 7.44. The van der Waals surface area contributed by atoms with Crippen LogP contribution >= 0.6 is 0 Å². The van der Waals surface area contributed by atoms with E-state index in [1.54, 1.807) is 48.5 Å². The van der Waals surface area contributed by atoms with Crippen LogP contribution in [0, 0.1) is 0 Å². The first-order valence-electron chi connectivity index (χ1n) is 12.5. The number of unbranched alkanes of at least 4 members (excludes halogenated alkanes) is 2. The molecular weight excluding hydrogens is 464 g/mol. The quantitative estimate of drug-likeness (QED) is 0.123. The van der Waals surface area contributed by atoms with Crippen LogP contribution in [0.5, 0.6) is 17.2 Å². The minimum absolute atomic E-state index is 0.336. The molecule has 0 atom stereocenters. The molecule has 5 nitrogen and oxygen atoms in total. The molecule has 4 aromatic carbocycles. The van der Waals surface area contributed by atoms with Gasteiger partial charge in [-0.1, -0.05) is 62.2 Å². The van der Waals surface area contributed by atoms with Crippen molar-refractivity contribution in [1.82, 2.24) is 0 Å². The number of hydrogen-bond donors (Lipinski definition) is 0. The van der Waals surface area contributed by atoms with Gasteiger partial charge < -0.3 is 14.2 Å². The van der Waals surface area contributed by atoms with E-state index in [9.17, 15) is 9.59 Å². The third kappa shape index (κ3) is 7.80. The van der Waals surface area contributed by atoms with Gasteiger partial charge in [0.25, 0.3) is 0 Å². The van der Waals surface area contributed by atoms with Crippen molar-refractivity contribution in [3.8, 4) is 17.2 Å². The molecule has 188 valence electrons. The third-order valence-corrected chi connectivity index (χ3v) is 5.84. The zero-order chi connectivity index (χ0) is 25.9. The SMILES string of the molecule is CCCCCc1ccc(OC(=O)c2ccc(OC(=O)c3ccc(OCc4ccccc4)cc3)cc2)cc1. The van der Waals surface area contributed by atoms with Crippen molar-refractivity contribution in [3.63, 3.8) is 0 Å². The van der Waals surface area contributed by atoms with Gasteiger partial charge in [0.05, 0.1) is 11.1 Å². The molecule has 0 saturated carbocycles. The van der Waals surface area contributed by atoms with Crippen molar-refractivity contribution in [2.75, 3.05) is 0 Å². The molecule has 4 aromatic rings. The summed E-state index contributed by atoms with van der Waals surface area (Å²) in [5.74, 6) is 0.527. The minimum atomic E-state index is -0.496. The zero-order valence-electron chi connectivity index (χ0n) is 20.9. The van der Waals surface area contributed by atoms with E-state index in [0.29, 0.717) is 35.0 Å². The first-order chi connectivity index (χ1) is 18.1. The molecule has 0 heterocycles. The van der Waals surface area contributed by atoms with Crippen molar-refractivity contribution in [2.45, 2.75) is 39.2 Å². The maximum atomic E-state index is 12.5. The molecule has 0 spiro atoms. The van der Waals surface area contributed by atoms with Gasteiger partial charge in [-0.25, -0.2) is 9.59 Å². The van der Waals surface area contributed by atoms with Gasteiger partial charge in [0.15, 0.2) is 0 Å². The standard InChI is InChI=1S/C32H30O5/c1-2-3-5-8-24-11-17-29(18-12-24)36-32(34)27-15-21-30(22-16-27)37-31(33)26-13-19-28(20-14-26)35-23-25-9-6-4-7-10-25/h4,6-7,9-22H,2-3,5,8,23H2,1H3. The van der Waals surface area contributed by atoms with E-state index in [-0.39, 0.29) is 0 Å². The highest BCUT2D eigenvalue weighted by Gasteiger charge is 2.12. The van der Waals surface area contributed by atoms with Gasteiger partial charge in [0, 0.05) is 0 Å². The summed E-state index contributed by atoms with van der Waals surface area (Å²) >= 11 is 0. The summed E-state index contributed by atoms with van der Waals surface area (Å²) in [6.45, 7) is 2.63. The van der Waals surface area contributed by atoms with Gasteiger partial charge in [0.1, 0.15) is 23.9 Å². The van der Waals surface area contributed by atoms with Crippen molar-refractivity contribution >= 4 is 11.9 Å². The molecule has 0 unspecified atom stereocenters. The minimum Gasteiger partial charge on any atom is -0.489 e. The molecule has 5 heteroatoms. The van der Waals surface area contributed by atoms with Crippen LogP contribution in [-0.2, 0) is 13.0 Å².